The molecule has 1 aromatic rings. The molecule has 0 aromatic carbocycles. The van der Waals surface area contributed by atoms with Gasteiger partial charge in [0.1, 0.15) is 21.5 Å². The van der Waals surface area contributed by atoms with E-state index in [1.807, 2.05) is 0 Å². The largest absolute Gasteiger partial charge is 0.383 e. The molecule has 0 radical (unpaired) electrons. The molecular formula is C9H15N5O2S. The van der Waals surface area contributed by atoms with Crippen LogP contribution in [0.3, 0.4) is 0 Å². The van der Waals surface area contributed by atoms with Crippen molar-refractivity contribution in [1.82, 2.24) is 9.97 Å². The summed E-state index contributed by atoms with van der Waals surface area (Å²) in [4.78, 5) is 7.75. The molecule has 2 rings (SSSR count). The van der Waals surface area contributed by atoms with Gasteiger partial charge in [0.15, 0.2) is 0 Å². The Morgan fingerprint density at radius 2 is 1.88 bits per heavy atom. The van der Waals surface area contributed by atoms with E-state index in [-0.39, 0.29) is 23.5 Å². The van der Waals surface area contributed by atoms with Crippen molar-refractivity contribution in [3.8, 4) is 0 Å². The fourth-order valence-corrected chi connectivity index (χ4v) is 3.29. The van der Waals surface area contributed by atoms with E-state index in [9.17, 15) is 8.42 Å². The highest BCUT2D eigenvalue weighted by Crippen LogP contribution is 2.18. The number of aromatic nitrogens is 2. The van der Waals surface area contributed by atoms with Crippen molar-refractivity contribution in [3.05, 3.63) is 6.07 Å². The van der Waals surface area contributed by atoms with Gasteiger partial charge in [-0.1, -0.05) is 0 Å². The molecule has 0 saturated carbocycles. The Bertz CT molecular complexity index is 482. The van der Waals surface area contributed by atoms with Crippen LogP contribution in [0.2, 0.25) is 0 Å². The summed E-state index contributed by atoms with van der Waals surface area (Å²) in [6.07, 6.45) is 1.15. The van der Waals surface area contributed by atoms with Gasteiger partial charge >= 0.3 is 0 Å². The summed E-state index contributed by atoms with van der Waals surface area (Å²) in [5.74, 6) is 1.36. The number of hydrogen-bond donors (Lipinski definition) is 3. The minimum absolute atomic E-state index is 0.0900. The molecule has 0 unspecified atom stereocenters. The molecule has 2 heterocycles. The quantitative estimate of drug-likeness (QED) is 0.660. The maximum absolute atomic E-state index is 11.3. The Balaban J connectivity index is 2.02. The molecule has 0 bridgehead atoms. The van der Waals surface area contributed by atoms with Crippen LogP contribution >= 0.6 is 0 Å². The zero-order chi connectivity index (χ0) is 12.5. The predicted molar refractivity (Wildman–Crippen MR) is 66.2 cm³/mol. The Kier molecular flexibility index (Phi) is 3.05. The summed E-state index contributed by atoms with van der Waals surface area (Å²) in [5, 5.41) is 3.12. The first-order valence-corrected chi connectivity index (χ1v) is 7.14. The molecule has 8 heteroatoms. The van der Waals surface area contributed by atoms with Gasteiger partial charge in [0, 0.05) is 12.1 Å². The normalized spacial score (nSPS) is 20.0. The van der Waals surface area contributed by atoms with Gasteiger partial charge in [-0.25, -0.2) is 8.42 Å². The van der Waals surface area contributed by atoms with E-state index in [0.29, 0.717) is 24.5 Å². The first kappa shape index (κ1) is 11.9. The van der Waals surface area contributed by atoms with Gasteiger partial charge in [0.2, 0.25) is 5.95 Å². The maximum atomic E-state index is 11.3. The smallest absolute Gasteiger partial charge is 0.223 e. The molecule has 1 fully saturated rings. The number of nitrogens with two attached hydrogens (primary N) is 2. The molecule has 0 atom stereocenters. The van der Waals surface area contributed by atoms with E-state index in [0.717, 1.165) is 0 Å². The fraction of sp³-hybridized carbons (Fsp3) is 0.556. The molecule has 1 aromatic heterocycles. The monoisotopic (exact) mass is 257 g/mol. The van der Waals surface area contributed by atoms with Crippen molar-refractivity contribution in [2.45, 2.75) is 18.9 Å². The lowest BCUT2D eigenvalue weighted by atomic mass is 10.1. The molecule has 94 valence electrons. The minimum Gasteiger partial charge on any atom is -0.383 e. The summed E-state index contributed by atoms with van der Waals surface area (Å²) in [5.41, 5.74) is 11.0. The fourth-order valence-electron chi connectivity index (χ4n) is 1.80. The third kappa shape index (κ3) is 3.19. The number of nitrogen functional groups attached to an aromatic ring is 2. The summed E-state index contributed by atoms with van der Waals surface area (Å²) >= 11 is 0. The minimum atomic E-state index is -2.85. The van der Waals surface area contributed by atoms with Gasteiger partial charge in [-0.05, 0) is 12.8 Å². The van der Waals surface area contributed by atoms with E-state index >= 15 is 0 Å². The van der Waals surface area contributed by atoms with E-state index in [1.165, 1.54) is 0 Å². The van der Waals surface area contributed by atoms with E-state index < -0.39 is 9.84 Å². The second kappa shape index (κ2) is 4.36. The van der Waals surface area contributed by atoms with Crippen LogP contribution in [0.15, 0.2) is 6.07 Å². The molecule has 1 saturated heterocycles. The van der Waals surface area contributed by atoms with Gasteiger partial charge in [-0.15, -0.1) is 0 Å². The van der Waals surface area contributed by atoms with Crippen LogP contribution in [0.1, 0.15) is 12.8 Å². The van der Waals surface area contributed by atoms with Crippen LogP contribution in [0.5, 0.6) is 0 Å². The second-order valence-corrected chi connectivity index (χ2v) is 6.41. The standard InChI is InChI=1S/C9H15N5O2S/c10-7-5-8(14-9(11)13-7)12-6-1-3-17(15,16)4-2-6/h5-6H,1-4H2,(H5,10,11,12,13,14). The lowest BCUT2D eigenvalue weighted by molar-refractivity contribution is 0.559. The molecule has 7 nitrogen and oxygen atoms in total. The van der Waals surface area contributed by atoms with Crippen LogP contribution in [0.4, 0.5) is 17.6 Å². The lowest BCUT2D eigenvalue weighted by Gasteiger charge is -2.23. The van der Waals surface area contributed by atoms with Crippen molar-refractivity contribution in [2.75, 3.05) is 28.3 Å². The van der Waals surface area contributed by atoms with Gasteiger partial charge in [0.25, 0.3) is 0 Å². The van der Waals surface area contributed by atoms with Crippen molar-refractivity contribution in [2.24, 2.45) is 0 Å². The molecule has 5 N–H and O–H groups in total. The Morgan fingerprint density at radius 1 is 1.24 bits per heavy atom. The first-order chi connectivity index (χ1) is 7.94. The highest BCUT2D eigenvalue weighted by atomic mass is 32.2. The van der Waals surface area contributed by atoms with Crippen molar-refractivity contribution in [1.29, 1.82) is 0 Å². The van der Waals surface area contributed by atoms with Crippen LogP contribution < -0.4 is 16.8 Å². The third-order valence-corrected chi connectivity index (χ3v) is 4.39. The average Bonchev–Trinajstić information content (AvgIpc) is 2.20. The van der Waals surface area contributed by atoms with Gasteiger partial charge in [0.05, 0.1) is 11.5 Å². The summed E-state index contributed by atoms with van der Waals surface area (Å²) in [7, 11) is -2.85. The third-order valence-electron chi connectivity index (χ3n) is 2.67. The van der Waals surface area contributed by atoms with Crippen molar-refractivity contribution >= 4 is 27.4 Å². The first-order valence-electron chi connectivity index (χ1n) is 5.31. The molecule has 0 spiro atoms. The Morgan fingerprint density at radius 3 is 2.47 bits per heavy atom. The van der Waals surface area contributed by atoms with E-state index in [2.05, 4.69) is 15.3 Å². The van der Waals surface area contributed by atoms with Crippen LogP contribution in [-0.2, 0) is 9.84 Å². The molecule has 1 aliphatic rings. The SMILES string of the molecule is Nc1cc(NC2CCS(=O)(=O)CC2)nc(N)n1. The summed E-state index contributed by atoms with van der Waals surface area (Å²) in [6.45, 7) is 0. The number of anilines is 3. The highest BCUT2D eigenvalue weighted by Gasteiger charge is 2.23. The second-order valence-electron chi connectivity index (χ2n) is 4.11. The number of nitrogens with zero attached hydrogens (tertiary/aromatic N) is 2. The highest BCUT2D eigenvalue weighted by molar-refractivity contribution is 7.91. The topological polar surface area (TPSA) is 124 Å². The number of rotatable bonds is 2. The molecule has 17 heavy (non-hydrogen) atoms. The summed E-state index contributed by atoms with van der Waals surface area (Å²) < 4.78 is 22.5. The Hall–Kier alpha value is -1.57. The number of hydrogen-bond acceptors (Lipinski definition) is 7. The number of nitrogens with one attached hydrogen (secondary N) is 1. The predicted octanol–water partition coefficient (Wildman–Crippen LogP) is -0.370. The van der Waals surface area contributed by atoms with Crippen molar-refractivity contribution < 1.29 is 8.42 Å². The zero-order valence-corrected chi connectivity index (χ0v) is 10.1. The Labute approximate surface area is 99.5 Å². The molecular weight excluding hydrogens is 242 g/mol. The maximum Gasteiger partial charge on any atom is 0.223 e. The van der Waals surface area contributed by atoms with Gasteiger partial charge < -0.3 is 16.8 Å². The summed E-state index contributed by atoms with van der Waals surface area (Å²) in [6, 6.07) is 1.67. The average molecular weight is 257 g/mol. The number of sulfone groups is 1. The molecule has 0 amide bonds. The van der Waals surface area contributed by atoms with Crippen LogP contribution in [0.25, 0.3) is 0 Å². The zero-order valence-electron chi connectivity index (χ0n) is 9.26. The van der Waals surface area contributed by atoms with Crippen molar-refractivity contribution in [3.63, 3.8) is 0 Å². The van der Waals surface area contributed by atoms with Crippen LogP contribution in [0, 0.1) is 0 Å². The molecule has 0 aliphatic carbocycles. The lowest BCUT2D eigenvalue weighted by Crippen LogP contribution is -2.32. The van der Waals surface area contributed by atoms with E-state index in [1.54, 1.807) is 6.07 Å². The van der Waals surface area contributed by atoms with Gasteiger partial charge in [-0.2, -0.15) is 9.97 Å². The van der Waals surface area contributed by atoms with Crippen LogP contribution in [-0.4, -0.2) is 35.9 Å². The van der Waals surface area contributed by atoms with Gasteiger partial charge in [-0.3, -0.25) is 0 Å². The van der Waals surface area contributed by atoms with E-state index in [4.69, 9.17) is 11.5 Å². The molecule has 1 aliphatic heterocycles.